The van der Waals surface area contributed by atoms with Crippen molar-refractivity contribution in [1.82, 2.24) is 0 Å². The third-order valence-electron chi connectivity index (χ3n) is 7.38. The molecule has 0 unspecified atom stereocenters. The summed E-state index contributed by atoms with van der Waals surface area (Å²) in [4.78, 5) is 22.5. The highest BCUT2D eigenvalue weighted by molar-refractivity contribution is 5.88. The largest absolute Gasteiger partial charge is 0.488 e. The fourth-order valence-corrected chi connectivity index (χ4v) is 4.77. The Labute approximate surface area is 248 Å². The zero-order valence-electron chi connectivity index (χ0n) is 24.4. The molecule has 5 nitrogen and oxygen atoms in total. The molecule has 0 fully saturated rings. The van der Waals surface area contributed by atoms with E-state index in [-0.39, 0.29) is 22.5 Å². The molecule has 0 saturated carbocycles. The highest BCUT2D eigenvalue weighted by Gasteiger charge is 2.13. The van der Waals surface area contributed by atoms with Crippen molar-refractivity contribution in [3.05, 3.63) is 142 Å². The lowest BCUT2D eigenvalue weighted by atomic mass is 9.87. The molecule has 0 bridgehead atoms. The molecule has 5 heteroatoms. The summed E-state index contributed by atoms with van der Waals surface area (Å²) in [6.07, 6.45) is 6.66. The highest BCUT2D eigenvalue weighted by atomic mass is 16.5. The summed E-state index contributed by atoms with van der Waals surface area (Å²) in [6.45, 7) is 7.08. The molecule has 0 spiro atoms. The smallest absolute Gasteiger partial charge is 0.335 e. The van der Waals surface area contributed by atoms with E-state index in [1.807, 2.05) is 48.5 Å². The topological polar surface area (TPSA) is 83.8 Å². The molecule has 216 valence electrons. The number of ether oxygens (including phenoxy) is 1. The number of allylic oxidation sites excluding steroid dienone is 1. The summed E-state index contributed by atoms with van der Waals surface area (Å²) in [7, 11) is 0. The number of carboxylic acids is 2. The minimum Gasteiger partial charge on any atom is -0.488 e. The molecule has 0 radical (unpaired) electrons. The van der Waals surface area contributed by atoms with E-state index in [0.717, 1.165) is 47.3 Å². The fourth-order valence-electron chi connectivity index (χ4n) is 4.77. The van der Waals surface area contributed by atoms with Crippen LogP contribution in [0.4, 0.5) is 0 Å². The number of benzene rings is 4. The zero-order chi connectivity index (χ0) is 30.1. The molecule has 42 heavy (non-hydrogen) atoms. The van der Waals surface area contributed by atoms with Crippen LogP contribution in [0.2, 0.25) is 0 Å². The third-order valence-corrected chi connectivity index (χ3v) is 7.38. The van der Waals surface area contributed by atoms with Gasteiger partial charge in [0, 0.05) is 5.56 Å². The van der Waals surface area contributed by atoms with Gasteiger partial charge >= 0.3 is 11.9 Å². The van der Waals surface area contributed by atoms with Crippen LogP contribution < -0.4 is 4.74 Å². The molecule has 2 N–H and O–H groups in total. The van der Waals surface area contributed by atoms with Crippen LogP contribution in [-0.4, -0.2) is 22.2 Å². The number of hydrogen-bond acceptors (Lipinski definition) is 3. The van der Waals surface area contributed by atoms with Crippen molar-refractivity contribution >= 4 is 18.0 Å². The predicted molar refractivity (Wildman–Crippen MR) is 167 cm³/mol. The Morgan fingerprint density at radius 2 is 1.29 bits per heavy atom. The maximum Gasteiger partial charge on any atom is 0.335 e. The average molecular weight is 563 g/mol. The van der Waals surface area contributed by atoms with Gasteiger partial charge in [0.25, 0.3) is 0 Å². The van der Waals surface area contributed by atoms with Crippen molar-refractivity contribution in [2.75, 3.05) is 0 Å². The Balaban J connectivity index is 1.49. The second-order valence-electron chi connectivity index (χ2n) is 11.6. The molecule has 0 amide bonds. The standard InChI is InChI=1S/C37H38O5/c1-37(2,3)33-22-15-29(16-23-33)25-42-34-7-5-4-6-30(34)17-12-27(24-28-13-20-32(21-14-28)36(40)41)9-8-26-10-18-31(19-11-26)35(38)39/h4-7,10-23,27H,8-9,24-25H2,1-3H3,(H,38,39)(H,40,41)/b17-12+/t27-/m1/s1. The van der Waals surface area contributed by atoms with Gasteiger partial charge in [-0.3, -0.25) is 0 Å². The fraction of sp³-hybridized carbons (Fsp3) is 0.243. The maximum absolute atomic E-state index is 11.3. The van der Waals surface area contributed by atoms with Crippen LogP contribution in [0.5, 0.6) is 5.75 Å². The Morgan fingerprint density at radius 3 is 1.86 bits per heavy atom. The predicted octanol–water partition coefficient (Wildman–Crippen LogP) is 8.46. The lowest BCUT2D eigenvalue weighted by molar-refractivity contribution is 0.0686. The van der Waals surface area contributed by atoms with Gasteiger partial charge in [-0.1, -0.05) is 99.7 Å². The number of carbonyl (C=O) groups is 2. The number of aryl methyl sites for hydroxylation is 1. The molecule has 0 heterocycles. The van der Waals surface area contributed by atoms with Gasteiger partial charge in [0.15, 0.2) is 0 Å². The summed E-state index contributed by atoms with van der Waals surface area (Å²) in [5, 5.41) is 18.5. The van der Waals surface area contributed by atoms with Crippen LogP contribution in [0.3, 0.4) is 0 Å². The molecular weight excluding hydrogens is 524 g/mol. The van der Waals surface area contributed by atoms with Gasteiger partial charge < -0.3 is 14.9 Å². The summed E-state index contributed by atoms with van der Waals surface area (Å²) < 4.78 is 6.24. The first-order valence-electron chi connectivity index (χ1n) is 14.2. The van der Waals surface area contributed by atoms with Crippen molar-refractivity contribution in [2.24, 2.45) is 5.92 Å². The van der Waals surface area contributed by atoms with Gasteiger partial charge in [0.05, 0.1) is 11.1 Å². The Hall–Kier alpha value is -4.64. The van der Waals surface area contributed by atoms with Crippen LogP contribution in [-0.2, 0) is 24.9 Å². The second kappa shape index (κ2) is 13.8. The van der Waals surface area contributed by atoms with Crippen LogP contribution in [0.15, 0.2) is 103 Å². The SMILES string of the molecule is CC(C)(C)c1ccc(COc2ccccc2/C=C/[C@@H](CCc2ccc(C(=O)O)cc2)Cc2ccc(C(=O)O)cc2)cc1. The van der Waals surface area contributed by atoms with Crippen LogP contribution in [0.25, 0.3) is 6.08 Å². The molecule has 0 saturated heterocycles. The number of aromatic carboxylic acids is 2. The lowest BCUT2D eigenvalue weighted by Crippen LogP contribution is -2.10. The Kier molecular flexibility index (Phi) is 9.98. The minimum atomic E-state index is -0.940. The van der Waals surface area contributed by atoms with Gasteiger partial charge in [0.2, 0.25) is 0 Å². The molecule has 0 aliphatic carbocycles. The second-order valence-corrected chi connectivity index (χ2v) is 11.6. The number of hydrogen-bond donors (Lipinski definition) is 2. The quantitative estimate of drug-likeness (QED) is 0.181. The molecule has 4 aromatic carbocycles. The zero-order valence-corrected chi connectivity index (χ0v) is 24.4. The first-order chi connectivity index (χ1) is 20.1. The van der Waals surface area contributed by atoms with E-state index >= 15 is 0 Å². The van der Waals surface area contributed by atoms with Crippen molar-refractivity contribution in [2.45, 2.75) is 52.1 Å². The molecule has 0 aromatic heterocycles. The van der Waals surface area contributed by atoms with Crippen molar-refractivity contribution in [3.8, 4) is 5.75 Å². The lowest BCUT2D eigenvalue weighted by Gasteiger charge is -2.19. The van der Waals surface area contributed by atoms with Gasteiger partial charge in [0.1, 0.15) is 12.4 Å². The van der Waals surface area contributed by atoms with E-state index in [1.54, 1.807) is 24.3 Å². The van der Waals surface area contributed by atoms with E-state index in [0.29, 0.717) is 6.61 Å². The number of rotatable bonds is 12. The summed E-state index contributed by atoms with van der Waals surface area (Å²) >= 11 is 0. The van der Waals surface area contributed by atoms with E-state index in [4.69, 9.17) is 4.74 Å². The van der Waals surface area contributed by atoms with E-state index in [1.165, 1.54) is 5.56 Å². The molecular formula is C37H38O5. The first kappa shape index (κ1) is 30.3. The monoisotopic (exact) mass is 562 g/mol. The molecule has 0 aliphatic heterocycles. The molecule has 4 rings (SSSR count). The third kappa shape index (κ3) is 8.68. The van der Waals surface area contributed by atoms with Crippen LogP contribution >= 0.6 is 0 Å². The van der Waals surface area contributed by atoms with Crippen molar-refractivity contribution in [1.29, 1.82) is 0 Å². The minimum absolute atomic E-state index is 0.105. The van der Waals surface area contributed by atoms with Gasteiger partial charge in [-0.15, -0.1) is 0 Å². The van der Waals surface area contributed by atoms with Gasteiger partial charge in [-0.2, -0.15) is 0 Å². The number of carboxylic acid groups (broad SMARTS) is 2. The number of para-hydroxylation sites is 1. The maximum atomic E-state index is 11.3. The average Bonchev–Trinajstić information content (AvgIpc) is 2.98. The molecule has 4 aromatic rings. The molecule has 1 atom stereocenters. The highest BCUT2D eigenvalue weighted by Crippen LogP contribution is 2.26. The summed E-state index contributed by atoms with van der Waals surface area (Å²) in [6, 6.07) is 30.6. The summed E-state index contributed by atoms with van der Waals surface area (Å²) in [5.74, 6) is -0.903. The van der Waals surface area contributed by atoms with Crippen LogP contribution in [0.1, 0.15) is 75.7 Å². The van der Waals surface area contributed by atoms with E-state index in [2.05, 4.69) is 57.2 Å². The van der Waals surface area contributed by atoms with E-state index < -0.39 is 11.9 Å². The first-order valence-corrected chi connectivity index (χ1v) is 14.2. The van der Waals surface area contributed by atoms with Crippen LogP contribution in [0, 0.1) is 5.92 Å². The van der Waals surface area contributed by atoms with Gasteiger partial charge in [-0.05, 0) is 83.2 Å². The summed E-state index contributed by atoms with van der Waals surface area (Å²) in [5.41, 5.74) is 6.15. The van der Waals surface area contributed by atoms with Gasteiger partial charge in [-0.25, -0.2) is 9.59 Å². The van der Waals surface area contributed by atoms with Crippen molar-refractivity contribution in [3.63, 3.8) is 0 Å². The molecule has 0 aliphatic rings. The van der Waals surface area contributed by atoms with Crippen molar-refractivity contribution < 1.29 is 24.5 Å². The Morgan fingerprint density at radius 1 is 0.738 bits per heavy atom. The normalized spacial score (nSPS) is 12.3. The van der Waals surface area contributed by atoms with E-state index in [9.17, 15) is 19.8 Å². The Bertz CT molecular complexity index is 1510.